The molecule has 3 saturated heterocycles. The van der Waals surface area contributed by atoms with Gasteiger partial charge in [-0.1, -0.05) is 18.2 Å². The van der Waals surface area contributed by atoms with E-state index < -0.39 is 69.6 Å². The summed E-state index contributed by atoms with van der Waals surface area (Å²) in [5.41, 5.74) is 3.27. The minimum absolute atomic E-state index is 0.172. The third-order valence-electron chi connectivity index (χ3n) is 17.2. The number of ether oxygens (including phenoxy) is 6. The molecular formula is C75H102N4O15. The van der Waals surface area contributed by atoms with Crippen LogP contribution in [-0.4, -0.2) is 129 Å². The normalized spacial score (nSPS) is 18.7. The molecule has 3 aliphatic rings. The van der Waals surface area contributed by atoms with Gasteiger partial charge in [-0.25, -0.2) is 14.4 Å². The second kappa shape index (κ2) is 27.7. The fraction of sp³-hybridized carbons (Fsp3) is 0.600. The number of carbonyl (C=O) groups is 6. The molecule has 19 nitrogen and oxygen atoms in total. The van der Waals surface area contributed by atoms with Gasteiger partial charge in [0.25, 0.3) is 0 Å². The maximum atomic E-state index is 14.3. The van der Waals surface area contributed by atoms with Gasteiger partial charge in [-0.2, -0.15) is 0 Å². The molecular weight excluding hydrogens is 1200 g/mol. The third kappa shape index (κ3) is 19.1. The number of amides is 3. The summed E-state index contributed by atoms with van der Waals surface area (Å²) < 4.78 is 54.5. The number of esters is 3. The summed E-state index contributed by atoms with van der Waals surface area (Å²) in [7, 11) is 0. The zero-order valence-corrected chi connectivity index (χ0v) is 58.9. The Labute approximate surface area is 554 Å². The van der Waals surface area contributed by atoms with E-state index in [1.165, 1.54) is 0 Å². The zero-order valence-electron chi connectivity index (χ0n) is 58.9. The molecule has 0 aliphatic carbocycles. The van der Waals surface area contributed by atoms with Gasteiger partial charge in [-0.3, -0.25) is 19.3 Å². The van der Waals surface area contributed by atoms with Gasteiger partial charge in [-0.15, -0.1) is 0 Å². The Morgan fingerprint density at radius 3 is 0.872 bits per heavy atom. The highest BCUT2D eigenvalue weighted by molar-refractivity contribution is 5.85. The molecule has 3 aromatic carbocycles. The van der Waals surface area contributed by atoms with Crippen LogP contribution < -0.4 is 0 Å². The number of furan rings is 3. The second-order valence-corrected chi connectivity index (χ2v) is 32.4. The smallest absolute Gasteiger partial charge is 0.410 e. The van der Waals surface area contributed by atoms with E-state index in [1.54, 1.807) is 33.5 Å². The monoisotopic (exact) mass is 1300 g/mol. The van der Waals surface area contributed by atoms with Gasteiger partial charge in [0.2, 0.25) is 0 Å². The maximum Gasteiger partial charge on any atom is 0.410 e. The molecule has 0 spiro atoms. The molecule has 19 heteroatoms. The van der Waals surface area contributed by atoms with Crippen molar-refractivity contribution in [1.29, 1.82) is 0 Å². The van der Waals surface area contributed by atoms with Crippen molar-refractivity contribution >= 4 is 69.1 Å². The molecule has 0 unspecified atom stereocenters. The number of rotatable bonds is 18. The van der Waals surface area contributed by atoms with Crippen molar-refractivity contribution in [2.24, 2.45) is 35.5 Å². The van der Waals surface area contributed by atoms with E-state index >= 15 is 0 Å². The number of benzene rings is 3. The molecule has 3 amide bonds. The van der Waals surface area contributed by atoms with Crippen LogP contribution in [0.1, 0.15) is 177 Å². The summed E-state index contributed by atoms with van der Waals surface area (Å²) in [6.45, 7) is 37.0. The molecule has 6 atom stereocenters. The average Bonchev–Trinajstić information content (AvgIpc) is 1.66. The van der Waals surface area contributed by atoms with E-state index in [-0.39, 0.29) is 35.7 Å². The van der Waals surface area contributed by atoms with Crippen LogP contribution in [0.4, 0.5) is 14.4 Å². The number of fused-ring (bicyclic) bond motifs is 3. The third-order valence-corrected chi connectivity index (χ3v) is 17.2. The van der Waals surface area contributed by atoms with E-state index in [9.17, 15) is 28.8 Å². The standard InChI is InChI=1S/C75H102N4O15/c1-70(2,3)89-64(80)58(49-25-28-77(40-49)67(83)92-73(10,11)12)34-46-19-22-61-55(31-46)52(43-86-61)37-76(38-53-44-87-62-23-20-47(32-56(53)62)35-59(65(81)90-71(4,5)6)50-26-29-78(41-50)68(84)93-74(13,14)15)39-54-45-88-63-24-21-48(33-57(54)63)36-60(66(82)91-72(7,8)9)51-27-30-79(42-51)69(85)94-75(16,17)18/h19-24,31-33,43-45,49-51,58-60H,25-30,34-42H2,1-18H3/t49-,50-,51-,58-,59-,60-/m0/s1. The molecule has 0 bridgehead atoms. The van der Waals surface area contributed by atoms with Crippen LogP contribution in [0.2, 0.25) is 0 Å². The van der Waals surface area contributed by atoms with E-state index in [2.05, 4.69) is 23.1 Å². The highest BCUT2D eigenvalue weighted by Crippen LogP contribution is 2.38. The lowest BCUT2D eigenvalue weighted by Gasteiger charge is -2.28. The van der Waals surface area contributed by atoms with Crippen LogP contribution in [0, 0.1) is 35.5 Å². The summed E-state index contributed by atoms with van der Waals surface area (Å²) in [4.78, 5) is 90.0. The second-order valence-electron chi connectivity index (χ2n) is 32.4. The van der Waals surface area contributed by atoms with E-state index in [1.807, 2.05) is 161 Å². The Balaban J connectivity index is 1.05. The first kappa shape index (κ1) is 70.8. The molecule has 0 radical (unpaired) electrons. The molecule has 512 valence electrons. The summed E-state index contributed by atoms with van der Waals surface area (Å²) in [5, 5.41) is 2.63. The quantitative estimate of drug-likeness (QED) is 0.0578. The van der Waals surface area contributed by atoms with Crippen LogP contribution in [0.25, 0.3) is 32.9 Å². The summed E-state index contributed by atoms with van der Waals surface area (Å²) >= 11 is 0. The van der Waals surface area contributed by atoms with Crippen molar-refractivity contribution in [3.05, 3.63) is 107 Å². The number of carbonyl (C=O) groups excluding carboxylic acids is 6. The Hall–Kier alpha value is -7.54. The van der Waals surface area contributed by atoms with Gasteiger partial charge in [0, 0.05) is 91.8 Å². The first-order valence-corrected chi connectivity index (χ1v) is 33.5. The van der Waals surface area contributed by atoms with Crippen molar-refractivity contribution < 1.29 is 70.4 Å². The van der Waals surface area contributed by atoms with Crippen molar-refractivity contribution in [2.45, 2.75) is 216 Å². The van der Waals surface area contributed by atoms with Crippen molar-refractivity contribution in [2.75, 3.05) is 39.3 Å². The Bertz CT molecular complexity index is 3320. The minimum Gasteiger partial charge on any atom is -0.464 e. The molecule has 9 rings (SSSR count). The van der Waals surface area contributed by atoms with E-state index in [4.69, 9.17) is 41.7 Å². The lowest BCUT2D eigenvalue weighted by Crippen LogP contribution is -2.38. The van der Waals surface area contributed by atoms with E-state index in [0.29, 0.717) is 114 Å². The van der Waals surface area contributed by atoms with Gasteiger partial charge < -0.3 is 56.4 Å². The first-order chi connectivity index (χ1) is 43.7. The van der Waals surface area contributed by atoms with E-state index in [0.717, 1.165) is 49.5 Å². The molecule has 3 fully saturated rings. The van der Waals surface area contributed by atoms with Gasteiger partial charge in [-0.05, 0) is 234 Å². The van der Waals surface area contributed by atoms with Crippen LogP contribution in [0.15, 0.2) is 86.6 Å². The van der Waals surface area contributed by atoms with Crippen LogP contribution >= 0.6 is 0 Å². The first-order valence-electron chi connectivity index (χ1n) is 33.5. The number of nitrogens with zero attached hydrogens (tertiary/aromatic N) is 4. The Morgan fingerprint density at radius 1 is 0.394 bits per heavy atom. The molecule has 3 aromatic heterocycles. The maximum absolute atomic E-state index is 14.3. The van der Waals surface area contributed by atoms with Crippen molar-refractivity contribution in [3.8, 4) is 0 Å². The van der Waals surface area contributed by atoms with Crippen LogP contribution in [0.5, 0.6) is 0 Å². The molecule has 0 N–H and O–H groups in total. The highest BCUT2D eigenvalue weighted by Gasteiger charge is 2.43. The lowest BCUT2D eigenvalue weighted by atomic mass is 9.85. The van der Waals surface area contributed by atoms with Crippen LogP contribution in [-0.2, 0) is 81.7 Å². The van der Waals surface area contributed by atoms with Crippen molar-refractivity contribution in [1.82, 2.24) is 19.6 Å². The predicted octanol–water partition coefficient (Wildman–Crippen LogP) is 15.4. The zero-order chi connectivity index (χ0) is 68.6. The van der Waals surface area contributed by atoms with Gasteiger partial charge in [0.15, 0.2) is 0 Å². The highest BCUT2D eigenvalue weighted by atomic mass is 16.6. The number of hydrogen-bond acceptors (Lipinski definition) is 16. The Kier molecular flexibility index (Phi) is 20.8. The summed E-state index contributed by atoms with van der Waals surface area (Å²) in [6, 6.07) is 18.1. The fourth-order valence-corrected chi connectivity index (χ4v) is 13.1. The topological polar surface area (TPSA) is 210 Å². The summed E-state index contributed by atoms with van der Waals surface area (Å²) in [6.07, 6.45) is 7.10. The molecule has 0 saturated carbocycles. The Morgan fingerprint density at radius 2 is 0.638 bits per heavy atom. The molecule has 6 aromatic rings. The van der Waals surface area contributed by atoms with Crippen LogP contribution in [0.3, 0.4) is 0 Å². The molecule has 6 heterocycles. The summed E-state index contributed by atoms with van der Waals surface area (Å²) in [5.74, 6) is -3.13. The molecule has 94 heavy (non-hydrogen) atoms. The molecule has 3 aliphatic heterocycles. The number of likely N-dealkylation sites (tertiary alicyclic amines) is 3. The average molecular weight is 1300 g/mol. The number of hydrogen-bond donors (Lipinski definition) is 0. The SMILES string of the molecule is CC(C)(C)OC(=O)[C@@H](Cc1ccc2occ(CN(Cc3coc4ccc(C[C@H](C(=O)OC(C)(C)C)[C@H]5CCN(C(=O)OC(C)(C)C)C5)cc34)Cc3coc4ccc(C[C@H](C(=O)OC(C)(C)C)[C@H]5CCN(C(=O)OC(C)(C)C)C5)cc34)c2c1)[C@H]1CCN(C(=O)OC(C)(C)C)C1. The predicted molar refractivity (Wildman–Crippen MR) is 358 cm³/mol. The fourth-order valence-electron chi connectivity index (χ4n) is 13.1. The minimum atomic E-state index is -0.732. The van der Waals surface area contributed by atoms with Crippen molar-refractivity contribution in [3.63, 3.8) is 0 Å². The van der Waals surface area contributed by atoms with Gasteiger partial charge in [0.05, 0.1) is 36.5 Å². The lowest BCUT2D eigenvalue weighted by molar-refractivity contribution is -0.163. The van der Waals surface area contributed by atoms with Gasteiger partial charge >= 0.3 is 36.2 Å². The largest absolute Gasteiger partial charge is 0.464 e. The van der Waals surface area contributed by atoms with Gasteiger partial charge in [0.1, 0.15) is 50.4 Å².